The lowest BCUT2D eigenvalue weighted by atomic mass is 10.2. The average Bonchev–Trinajstić information content (AvgIpc) is 3.42. The SMILES string of the molecule is Cc1nc(-c2ccsc2)sc1C(=O)NCc1ccccc1S(=O)(=O)N1CCOCC1. The van der Waals surface area contributed by atoms with Crippen molar-refractivity contribution in [2.45, 2.75) is 18.4 Å². The summed E-state index contributed by atoms with van der Waals surface area (Å²) in [5, 5.41) is 7.62. The normalized spacial score (nSPS) is 15.2. The van der Waals surface area contributed by atoms with Gasteiger partial charge in [0.25, 0.3) is 5.91 Å². The van der Waals surface area contributed by atoms with Gasteiger partial charge in [-0.25, -0.2) is 13.4 Å². The van der Waals surface area contributed by atoms with Crippen LogP contribution >= 0.6 is 22.7 Å². The number of carbonyl (C=O) groups excluding carboxylic acids is 1. The molecular formula is C20H21N3O4S3. The molecule has 1 aliphatic heterocycles. The maximum atomic E-state index is 13.1. The first-order chi connectivity index (χ1) is 14.5. The lowest BCUT2D eigenvalue weighted by molar-refractivity contribution is 0.0730. The molecule has 4 rings (SSSR count). The second kappa shape index (κ2) is 8.94. The molecule has 0 saturated carbocycles. The number of hydrogen-bond acceptors (Lipinski definition) is 7. The second-order valence-corrected chi connectivity index (χ2v) is 10.4. The molecule has 7 nitrogen and oxygen atoms in total. The molecule has 1 fully saturated rings. The summed E-state index contributed by atoms with van der Waals surface area (Å²) in [6.45, 7) is 3.34. The summed E-state index contributed by atoms with van der Waals surface area (Å²) in [5.41, 5.74) is 2.21. The van der Waals surface area contributed by atoms with Gasteiger partial charge in [-0.1, -0.05) is 18.2 Å². The minimum absolute atomic E-state index is 0.115. The first kappa shape index (κ1) is 21.1. The minimum atomic E-state index is -3.65. The van der Waals surface area contributed by atoms with Gasteiger partial charge in [-0.15, -0.1) is 11.3 Å². The van der Waals surface area contributed by atoms with Crippen molar-refractivity contribution in [2.24, 2.45) is 0 Å². The molecule has 1 aromatic carbocycles. The zero-order chi connectivity index (χ0) is 21.1. The Balaban J connectivity index is 1.52. The fraction of sp³-hybridized carbons (Fsp3) is 0.300. The van der Waals surface area contributed by atoms with E-state index in [4.69, 9.17) is 4.74 Å². The summed E-state index contributed by atoms with van der Waals surface area (Å²) in [6.07, 6.45) is 0. The molecule has 0 radical (unpaired) electrons. The van der Waals surface area contributed by atoms with Gasteiger partial charge in [-0.2, -0.15) is 15.6 Å². The van der Waals surface area contributed by atoms with Crippen molar-refractivity contribution in [3.05, 3.63) is 57.2 Å². The third kappa shape index (κ3) is 4.33. The van der Waals surface area contributed by atoms with Gasteiger partial charge in [-0.05, 0) is 30.0 Å². The van der Waals surface area contributed by atoms with Crippen LogP contribution < -0.4 is 5.32 Å². The monoisotopic (exact) mass is 463 g/mol. The van der Waals surface area contributed by atoms with Crippen molar-refractivity contribution in [1.82, 2.24) is 14.6 Å². The van der Waals surface area contributed by atoms with Crippen LogP contribution in [0, 0.1) is 6.92 Å². The van der Waals surface area contributed by atoms with E-state index in [9.17, 15) is 13.2 Å². The number of nitrogens with zero attached hydrogens (tertiary/aromatic N) is 2. The molecule has 10 heteroatoms. The van der Waals surface area contributed by atoms with Crippen LogP contribution in [-0.2, 0) is 21.3 Å². The number of nitrogens with one attached hydrogen (secondary N) is 1. The van der Waals surface area contributed by atoms with Crippen LogP contribution in [0.3, 0.4) is 0 Å². The van der Waals surface area contributed by atoms with E-state index in [0.717, 1.165) is 10.6 Å². The molecule has 3 aromatic rings. The Bertz CT molecular complexity index is 1130. The molecule has 2 aromatic heterocycles. The van der Waals surface area contributed by atoms with E-state index < -0.39 is 10.0 Å². The summed E-state index contributed by atoms with van der Waals surface area (Å²) < 4.78 is 32.8. The first-order valence-corrected chi connectivity index (χ1v) is 12.6. The molecule has 0 aliphatic carbocycles. The number of thiophene rings is 1. The topological polar surface area (TPSA) is 88.6 Å². The van der Waals surface area contributed by atoms with Gasteiger partial charge in [0, 0.05) is 30.6 Å². The fourth-order valence-corrected chi connectivity index (χ4v) is 6.52. The number of benzene rings is 1. The molecule has 158 valence electrons. The third-order valence-corrected chi connectivity index (χ3v) is 8.66. The summed E-state index contributed by atoms with van der Waals surface area (Å²) in [5.74, 6) is -0.259. The quantitative estimate of drug-likeness (QED) is 0.607. The number of aryl methyl sites for hydroxylation is 1. The standard InChI is InChI=1S/C20H21N3O4S3/c1-14-18(29-20(22-14)16-6-11-28-13-16)19(24)21-12-15-4-2-3-5-17(15)30(25,26)23-7-9-27-10-8-23/h2-6,11,13H,7-10,12H2,1H3,(H,21,24). The number of morpholine rings is 1. The molecule has 1 aliphatic rings. The smallest absolute Gasteiger partial charge is 0.263 e. The molecular weight excluding hydrogens is 442 g/mol. The molecule has 0 unspecified atom stereocenters. The van der Waals surface area contributed by atoms with E-state index in [2.05, 4.69) is 10.3 Å². The van der Waals surface area contributed by atoms with E-state index in [1.54, 1.807) is 42.5 Å². The fourth-order valence-electron chi connectivity index (χ4n) is 3.20. The number of ether oxygens (including phenoxy) is 1. The van der Waals surface area contributed by atoms with Gasteiger partial charge in [0.1, 0.15) is 9.88 Å². The van der Waals surface area contributed by atoms with Crippen molar-refractivity contribution >= 4 is 38.6 Å². The molecule has 30 heavy (non-hydrogen) atoms. The Morgan fingerprint density at radius 2 is 2.00 bits per heavy atom. The number of sulfonamides is 1. The first-order valence-electron chi connectivity index (χ1n) is 9.41. The van der Waals surface area contributed by atoms with Crippen molar-refractivity contribution in [3.63, 3.8) is 0 Å². The Hall–Kier alpha value is -2.11. The Labute approximate surface area is 183 Å². The van der Waals surface area contributed by atoms with E-state index in [0.29, 0.717) is 42.4 Å². The molecule has 0 bridgehead atoms. The molecule has 1 amide bonds. The lowest BCUT2D eigenvalue weighted by Gasteiger charge is -2.27. The zero-order valence-corrected chi connectivity index (χ0v) is 18.8. The summed E-state index contributed by atoms with van der Waals surface area (Å²) in [7, 11) is -3.65. The number of amides is 1. The number of thiazole rings is 1. The zero-order valence-electron chi connectivity index (χ0n) is 16.3. The Kier molecular flexibility index (Phi) is 6.30. The van der Waals surface area contributed by atoms with E-state index in [-0.39, 0.29) is 17.3 Å². The molecule has 1 saturated heterocycles. The van der Waals surface area contributed by atoms with Crippen LogP contribution in [0.1, 0.15) is 20.9 Å². The Morgan fingerprint density at radius 1 is 1.23 bits per heavy atom. The molecule has 0 atom stereocenters. The van der Waals surface area contributed by atoms with Gasteiger partial charge in [-0.3, -0.25) is 4.79 Å². The van der Waals surface area contributed by atoms with Gasteiger partial charge in [0.05, 0.1) is 23.8 Å². The van der Waals surface area contributed by atoms with Gasteiger partial charge in [0.15, 0.2) is 0 Å². The number of aromatic nitrogens is 1. The molecule has 0 spiro atoms. The predicted molar refractivity (Wildman–Crippen MR) is 117 cm³/mol. The number of hydrogen-bond donors (Lipinski definition) is 1. The van der Waals surface area contributed by atoms with Crippen molar-refractivity contribution in [1.29, 1.82) is 0 Å². The average molecular weight is 464 g/mol. The minimum Gasteiger partial charge on any atom is -0.379 e. The number of rotatable bonds is 6. The predicted octanol–water partition coefficient (Wildman–Crippen LogP) is 3.13. The summed E-state index contributed by atoms with van der Waals surface area (Å²) in [6, 6.07) is 8.74. The van der Waals surface area contributed by atoms with E-state index >= 15 is 0 Å². The lowest BCUT2D eigenvalue weighted by Crippen LogP contribution is -2.41. The van der Waals surface area contributed by atoms with Gasteiger partial charge in [0.2, 0.25) is 10.0 Å². The van der Waals surface area contributed by atoms with Crippen LogP contribution in [0.4, 0.5) is 0 Å². The number of carbonyl (C=O) groups is 1. The van der Waals surface area contributed by atoms with E-state index in [1.807, 2.05) is 16.8 Å². The molecule has 3 heterocycles. The maximum Gasteiger partial charge on any atom is 0.263 e. The molecule has 1 N–H and O–H groups in total. The van der Waals surface area contributed by atoms with Crippen molar-refractivity contribution < 1.29 is 17.9 Å². The highest BCUT2D eigenvalue weighted by atomic mass is 32.2. The highest BCUT2D eigenvalue weighted by molar-refractivity contribution is 7.89. The van der Waals surface area contributed by atoms with Crippen LogP contribution in [-0.4, -0.2) is 49.9 Å². The van der Waals surface area contributed by atoms with Crippen LogP contribution in [0.15, 0.2) is 46.0 Å². The van der Waals surface area contributed by atoms with E-state index in [1.165, 1.54) is 15.6 Å². The maximum absolute atomic E-state index is 13.1. The largest absolute Gasteiger partial charge is 0.379 e. The highest BCUT2D eigenvalue weighted by Crippen LogP contribution is 2.29. The second-order valence-electron chi connectivity index (χ2n) is 6.75. The highest BCUT2D eigenvalue weighted by Gasteiger charge is 2.28. The van der Waals surface area contributed by atoms with Gasteiger partial charge >= 0.3 is 0 Å². The summed E-state index contributed by atoms with van der Waals surface area (Å²) in [4.78, 5) is 18.0. The van der Waals surface area contributed by atoms with Crippen LogP contribution in [0.25, 0.3) is 10.6 Å². The van der Waals surface area contributed by atoms with Crippen molar-refractivity contribution in [3.8, 4) is 10.6 Å². The van der Waals surface area contributed by atoms with Gasteiger partial charge < -0.3 is 10.1 Å². The Morgan fingerprint density at radius 3 is 2.73 bits per heavy atom. The third-order valence-electron chi connectivity index (χ3n) is 4.77. The van der Waals surface area contributed by atoms with Crippen molar-refractivity contribution in [2.75, 3.05) is 26.3 Å². The summed E-state index contributed by atoms with van der Waals surface area (Å²) >= 11 is 2.91. The van der Waals surface area contributed by atoms with Crippen LogP contribution in [0.5, 0.6) is 0 Å². The van der Waals surface area contributed by atoms with Crippen LogP contribution in [0.2, 0.25) is 0 Å².